The molecule has 23 heavy (non-hydrogen) atoms. The second-order valence-electron chi connectivity index (χ2n) is 5.97. The van der Waals surface area contributed by atoms with Gasteiger partial charge in [-0.15, -0.1) is 0 Å². The molecule has 0 saturated carbocycles. The fourth-order valence-corrected chi connectivity index (χ4v) is 3.44. The van der Waals surface area contributed by atoms with Crippen LogP contribution in [0.1, 0.15) is 24.3 Å². The lowest BCUT2D eigenvalue weighted by Crippen LogP contribution is -2.44. The van der Waals surface area contributed by atoms with Gasteiger partial charge >= 0.3 is 6.03 Å². The fraction of sp³-hybridized carbons (Fsp3) is 0.471. The molecule has 2 aliphatic rings. The molecule has 2 atom stereocenters. The van der Waals surface area contributed by atoms with Crippen LogP contribution in [0.5, 0.6) is 0 Å². The van der Waals surface area contributed by atoms with Gasteiger partial charge in [0.1, 0.15) is 0 Å². The number of hydrogen-bond acceptors (Lipinski definition) is 4. The predicted molar refractivity (Wildman–Crippen MR) is 84.5 cm³/mol. The van der Waals surface area contributed by atoms with Gasteiger partial charge in [0.15, 0.2) is 0 Å². The van der Waals surface area contributed by atoms with Gasteiger partial charge < -0.3 is 5.32 Å². The molecular formula is C17H20N4O2. The second-order valence-corrected chi connectivity index (χ2v) is 5.97. The van der Waals surface area contributed by atoms with Crippen LogP contribution in [0.2, 0.25) is 0 Å². The molecule has 2 heterocycles. The number of likely N-dealkylation sites (tertiary alicyclic amines) is 1. The number of nitriles is 1. The Bertz CT molecular complexity index is 625. The van der Waals surface area contributed by atoms with Crippen molar-refractivity contribution in [2.45, 2.75) is 24.8 Å². The van der Waals surface area contributed by atoms with Crippen molar-refractivity contribution in [3.8, 4) is 6.07 Å². The number of carbonyl (C=O) groups is 2. The van der Waals surface area contributed by atoms with Crippen molar-refractivity contribution >= 4 is 11.9 Å². The molecule has 1 N–H and O–H groups in total. The zero-order chi connectivity index (χ0) is 16.2. The van der Waals surface area contributed by atoms with E-state index in [1.807, 2.05) is 30.3 Å². The molecule has 0 aromatic heterocycles. The first kappa shape index (κ1) is 15.5. The van der Waals surface area contributed by atoms with Crippen molar-refractivity contribution in [3.63, 3.8) is 0 Å². The van der Waals surface area contributed by atoms with Gasteiger partial charge in [-0.05, 0) is 24.9 Å². The highest BCUT2D eigenvalue weighted by Gasteiger charge is 2.36. The minimum absolute atomic E-state index is 0.0250. The number of imide groups is 1. The summed E-state index contributed by atoms with van der Waals surface area (Å²) >= 11 is 0. The zero-order valence-corrected chi connectivity index (χ0v) is 12.9. The highest BCUT2D eigenvalue weighted by atomic mass is 16.2. The molecule has 3 amide bonds. The van der Waals surface area contributed by atoms with Crippen LogP contribution in [0.25, 0.3) is 0 Å². The van der Waals surface area contributed by atoms with Crippen molar-refractivity contribution in [1.29, 1.82) is 5.26 Å². The average Bonchev–Trinajstić information content (AvgIpc) is 3.19. The Morgan fingerprint density at radius 2 is 2.13 bits per heavy atom. The molecule has 2 unspecified atom stereocenters. The summed E-state index contributed by atoms with van der Waals surface area (Å²) in [5.41, 5.74) is 0.985. The molecule has 1 aromatic rings. The Balaban J connectivity index is 1.71. The summed E-state index contributed by atoms with van der Waals surface area (Å²) in [6.07, 6.45) is 1.86. The molecule has 0 radical (unpaired) electrons. The van der Waals surface area contributed by atoms with Gasteiger partial charge in [-0.2, -0.15) is 5.26 Å². The Hall–Kier alpha value is -2.39. The maximum Gasteiger partial charge on any atom is 0.324 e. The summed E-state index contributed by atoms with van der Waals surface area (Å²) in [5, 5.41) is 12.3. The van der Waals surface area contributed by atoms with Gasteiger partial charge in [0, 0.05) is 19.1 Å². The Labute approximate surface area is 135 Å². The van der Waals surface area contributed by atoms with Crippen molar-refractivity contribution < 1.29 is 9.59 Å². The Morgan fingerprint density at radius 1 is 1.35 bits per heavy atom. The monoisotopic (exact) mass is 312 g/mol. The van der Waals surface area contributed by atoms with Crippen molar-refractivity contribution in [2.24, 2.45) is 0 Å². The molecule has 0 spiro atoms. The topological polar surface area (TPSA) is 76.4 Å². The van der Waals surface area contributed by atoms with Crippen LogP contribution in [-0.4, -0.2) is 54.0 Å². The van der Waals surface area contributed by atoms with Crippen LogP contribution in [0, 0.1) is 11.3 Å². The molecule has 2 aliphatic heterocycles. The summed E-state index contributed by atoms with van der Waals surface area (Å²) in [6.45, 7) is 1.93. The molecule has 2 fully saturated rings. The zero-order valence-electron chi connectivity index (χ0n) is 12.9. The first-order valence-electron chi connectivity index (χ1n) is 7.97. The molecule has 6 heteroatoms. The fourth-order valence-electron chi connectivity index (χ4n) is 3.44. The number of amides is 3. The predicted octanol–water partition coefficient (Wildman–Crippen LogP) is 1.31. The number of benzene rings is 1. The van der Waals surface area contributed by atoms with E-state index >= 15 is 0 Å². The largest absolute Gasteiger partial charge is 0.336 e. The highest BCUT2D eigenvalue weighted by Crippen LogP contribution is 2.30. The molecule has 0 aliphatic carbocycles. The molecule has 0 bridgehead atoms. The molecule has 1 aromatic carbocycles. The maximum absolute atomic E-state index is 12.3. The average molecular weight is 312 g/mol. The summed E-state index contributed by atoms with van der Waals surface area (Å²) < 4.78 is 0. The van der Waals surface area contributed by atoms with Gasteiger partial charge in [0.05, 0.1) is 18.5 Å². The van der Waals surface area contributed by atoms with Crippen LogP contribution in [-0.2, 0) is 4.79 Å². The Kier molecular flexibility index (Phi) is 4.58. The van der Waals surface area contributed by atoms with Gasteiger partial charge in [-0.25, -0.2) is 4.79 Å². The van der Waals surface area contributed by atoms with Gasteiger partial charge in [-0.3, -0.25) is 14.6 Å². The number of hydrogen-bond donors (Lipinski definition) is 1. The quantitative estimate of drug-likeness (QED) is 0.909. The molecule has 120 valence electrons. The van der Waals surface area contributed by atoms with E-state index in [4.69, 9.17) is 0 Å². The third-order valence-electron chi connectivity index (χ3n) is 4.59. The number of nitrogens with zero attached hydrogens (tertiary/aromatic N) is 3. The van der Waals surface area contributed by atoms with Crippen molar-refractivity contribution in [3.05, 3.63) is 35.9 Å². The third-order valence-corrected chi connectivity index (χ3v) is 4.59. The number of urea groups is 1. The standard InChI is InChI=1S/C17H20N4O2/c18-11-14(13-5-2-1-3-6-13)15-7-4-9-20(15)12-16(22)21-10-8-19-17(21)23/h1-3,5-6,14-15H,4,7-10,12H2,(H,19,23). The summed E-state index contributed by atoms with van der Waals surface area (Å²) in [5.74, 6) is -0.435. The van der Waals surface area contributed by atoms with E-state index in [9.17, 15) is 14.9 Å². The minimum Gasteiger partial charge on any atom is -0.336 e. The first-order valence-corrected chi connectivity index (χ1v) is 7.97. The van der Waals surface area contributed by atoms with E-state index in [2.05, 4.69) is 16.3 Å². The summed E-state index contributed by atoms with van der Waals surface area (Å²) in [6, 6.07) is 11.8. The van der Waals surface area contributed by atoms with Crippen LogP contribution in [0.15, 0.2) is 30.3 Å². The van der Waals surface area contributed by atoms with E-state index in [-0.39, 0.29) is 30.4 Å². The van der Waals surface area contributed by atoms with E-state index < -0.39 is 0 Å². The van der Waals surface area contributed by atoms with Gasteiger partial charge in [0.25, 0.3) is 0 Å². The number of carbonyl (C=O) groups excluding carboxylic acids is 2. The van der Waals surface area contributed by atoms with E-state index in [1.54, 1.807) is 0 Å². The lowest BCUT2D eigenvalue weighted by Gasteiger charge is -2.28. The van der Waals surface area contributed by atoms with Crippen molar-refractivity contribution in [1.82, 2.24) is 15.1 Å². The smallest absolute Gasteiger partial charge is 0.324 e. The van der Waals surface area contributed by atoms with Crippen molar-refractivity contribution in [2.75, 3.05) is 26.2 Å². The molecular weight excluding hydrogens is 292 g/mol. The van der Waals surface area contributed by atoms with E-state index in [0.29, 0.717) is 13.1 Å². The molecule has 6 nitrogen and oxygen atoms in total. The third kappa shape index (κ3) is 3.20. The van der Waals surface area contributed by atoms with Gasteiger partial charge in [-0.1, -0.05) is 30.3 Å². The van der Waals surface area contributed by atoms with Crippen LogP contribution in [0.3, 0.4) is 0 Å². The van der Waals surface area contributed by atoms with Crippen LogP contribution < -0.4 is 5.32 Å². The second kappa shape index (κ2) is 6.80. The number of nitrogens with one attached hydrogen (secondary N) is 1. The van der Waals surface area contributed by atoms with Gasteiger partial charge in [0.2, 0.25) is 5.91 Å². The molecule has 2 saturated heterocycles. The first-order chi connectivity index (χ1) is 11.2. The summed E-state index contributed by atoms with van der Waals surface area (Å²) in [4.78, 5) is 27.3. The van der Waals surface area contributed by atoms with Crippen LogP contribution >= 0.6 is 0 Å². The highest BCUT2D eigenvalue weighted by molar-refractivity contribution is 5.96. The normalized spacial score (nSPS) is 22.7. The van der Waals surface area contributed by atoms with Crippen LogP contribution in [0.4, 0.5) is 4.79 Å². The maximum atomic E-state index is 12.3. The van der Waals surface area contributed by atoms with E-state index in [0.717, 1.165) is 24.9 Å². The SMILES string of the molecule is N#CC(c1ccccc1)C1CCCN1CC(=O)N1CCNC1=O. The lowest BCUT2D eigenvalue weighted by atomic mass is 9.91. The molecule has 3 rings (SSSR count). The number of rotatable bonds is 4. The Morgan fingerprint density at radius 3 is 2.78 bits per heavy atom. The summed E-state index contributed by atoms with van der Waals surface area (Å²) in [7, 11) is 0. The lowest BCUT2D eigenvalue weighted by molar-refractivity contribution is -0.129. The van der Waals surface area contributed by atoms with E-state index in [1.165, 1.54) is 4.90 Å². The minimum atomic E-state index is -0.314.